The fourth-order valence-corrected chi connectivity index (χ4v) is 3.78. The van der Waals surface area contributed by atoms with Crippen molar-refractivity contribution in [1.29, 1.82) is 0 Å². The van der Waals surface area contributed by atoms with Crippen LogP contribution < -0.4 is 5.73 Å². The molecule has 1 aromatic heterocycles. The molecule has 0 unspecified atom stereocenters. The van der Waals surface area contributed by atoms with E-state index in [0.717, 1.165) is 0 Å². The van der Waals surface area contributed by atoms with E-state index in [1.54, 1.807) is 13.8 Å². The largest absolute Gasteiger partial charge is 0.382 e. The molecule has 0 saturated carbocycles. The number of aryl methyl sites for hydroxylation is 2. The summed E-state index contributed by atoms with van der Waals surface area (Å²) in [4.78, 5) is -0.755. The van der Waals surface area contributed by atoms with E-state index < -0.39 is 25.1 Å². The van der Waals surface area contributed by atoms with Gasteiger partial charge in [-0.15, -0.1) is 10.2 Å². The van der Waals surface area contributed by atoms with Gasteiger partial charge in [0.2, 0.25) is 0 Å². The number of rotatable bonds is 5. The van der Waals surface area contributed by atoms with Crippen LogP contribution in [0, 0.1) is 13.8 Å². The first-order valence-electron chi connectivity index (χ1n) is 8.31. The highest BCUT2D eigenvalue weighted by molar-refractivity contribution is 7.86. The van der Waals surface area contributed by atoms with Crippen molar-refractivity contribution < 1.29 is 25.9 Å². The van der Waals surface area contributed by atoms with Crippen LogP contribution >= 0.6 is 0 Å². The first kappa shape index (κ1) is 21.6. The molecule has 3 aromatic rings. The Balaban J connectivity index is 2.08. The van der Waals surface area contributed by atoms with E-state index in [4.69, 9.17) is 5.73 Å². The van der Waals surface area contributed by atoms with Crippen LogP contribution in [0.1, 0.15) is 11.3 Å². The molecule has 0 amide bonds. The van der Waals surface area contributed by atoms with E-state index in [0.29, 0.717) is 11.3 Å². The maximum Gasteiger partial charge on any atom is 0.296 e. The summed E-state index contributed by atoms with van der Waals surface area (Å²) in [5.74, 6) is 0.00444. The number of benzene rings is 2. The van der Waals surface area contributed by atoms with Gasteiger partial charge in [-0.2, -0.15) is 21.9 Å². The average Bonchev–Trinajstić information content (AvgIpc) is 2.92. The van der Waals surface area contributed by atoms with E-state index in [-0.39, 0.29) is 27.8 Å². The quantitative estimate of drug-likeness (QED) is 0.391. The molecule has 0 aliphatic heterocycles. The Hall–Kier alpha value is -3.13. The molecule has 0 saturated heterocycles. The van der Waals surface area contributed by atoms with E-state index >= 15 is 0 Å². The van der Waals surface area contributed by atoms with Gasteiger partial charge in [-0.1, -0.05) is 12.1 Å². The van der Waals surface area contributed by atoms with Crippen LogP contribution in [0.15, 0.2) is 62.5 Å². The standard InChI is InChI=1S/C17H17N5O6S2/c1-10-6-7-15(30(26,27)28)14(8-10)19-20-16-11(2)21-22(17(16)18)12-4-3-5-13(9-12)29(23,24)25/h3-9H,18H2,1-2H3,(H,23,24,25)(H,26,27,28). The molecule has 0 aliphatic carbocycles. The first-order chi connectivity index (χ1) is 13.9. The topological polar surface area (TPSA) is 177 Å². The molecule has 2 aromatic carbocycles. The van der Waals surface area contributed by atoms with Crippen molar-refractivity contribution in [2.24, 2.45) is 10.2 Å². The molecule has 0 aliphatic rings. The molecule has 0 spiro atoms. The summed E-state index contributed by atoms with van der Waals surface area (Å²) in [6.45, 7) is 3.29. The number of aromatic nitrogens is 2. The van der Waals surface area contributed by atoms with Crippen LogP contribution in [0.3, 0.4) is 0 Å². The molecule has 0 fully saturated rings. The van der Waals surface area contributed by atoms with E-state index in [2.05, 4.69) is 15.3 Å². The maximum absolute atomic E-state index is 11.6. The summed E-state index contributed by atoms with van der Waals surface area (Å²) in [6.07, 6.45) is 0. The van der Waals surface area contributed by atoms with Gasteiger partial charge in [-0.25, -0.2) is 4.68 Å². The van der Waals surface area contributed by atoms with Crippen molar-refractivity contribution in [3.63, 3.8) is 0 Å². The number of hydrogen-bond donors (Lipinski definition) is 3. The molecule has 3 rings (SSSR count). The molecule has 0 atom stereocenters. The summed E-state index contributed by atoms with van der Waals surface area (Å²) in [5, 5.41) is 12.1. The summed E-state index contributed by atoms with van der Waals surface area (Å²) < 4.78 is 65.6. The molecule has 0 bridgehead atoms. The number of nitrogens with two attached hydrogens (primary N) is 1. The molecular formula is C17H17N5O6S2. The maximum atomic E-state index is 11.6. The third-order valence-corrected chi connectivity index (χ3v) is 5.82. The van der Waals surface area contributed by atoms with Crippen molar-refractivity contribution in [1.82, 2.24) is 9.78 Å². The minimum Gasteiger partial charge on any atom is -0.382 e. The van der Waals surface area contributed by atoms with Crippen molar-refractivity contribution in [3.8, 4) is 5.69 Å². The minimum atomic E-state index is -4.52. The van der Waals surface area contributed by atoms with Crippen LogP contribution in [-0.4, -0.2) is 35.7 Å². The Bertz CT molecular complexity index is 1380. The van der Waals surface area contributed by atoms with Gasteiger partial charge < -0.3 is 5.73 Å². The highest BCUT2D eigenvalue weighted by atomic mass is 32.2. The molecule has 1 heterocycles. The zero-order valence-electron chi connectivity index (χ0n) is 15.8. The predicted octanol–water partition coefficient (Wildman–Crippen LogP) is 2.98. The van der Waals surface area contributed by atoms with Crippen LogP contribution in [-0.2, 0) is 20.2 Å². The molecular weight excluding hydrogens is 434 g/mol. The lowest BCUT2D eigenvalue weighted by atomic mass is 10.2. The zero-order chi connectivity index (χ0) is 22.3. The van der Waals surface area contributed by atoms with Gasteiger partial charge in [0.1, 0.15) is 10.6 Å². The van der Waals surface area contributed by atoms with Gasteiger partial charge in [0.15, 0.2) is 11.5 Å². The second-order valence-corrected chi connectivity index (χ2v) is 9.16. The van der Waals surface area contributed by atoms with Gasteiger partial charge >= 0.3 is 0 Å². The minimum absolute atomic E-state index is 0.00444. The van der Waals surface area contributed by atoms with E-state index in [1.165, 1.54) is 47.1 Å². The lowest BCUT2D eigenvalue weighted by Gasteiger charge is -2.05. The predicted molar refractivity (Wildman–Crippen MR) is 108 cm³/mol. The summed E-state index contributed by atoms with van der Waals surface area (Å²) >= 11 is 0. The van der Waals surface area contributed by atoms with Crippen molar-refractivity contribution >= 4 is 37.4 Å². The zero-order valence-corrected chi connectivity index (χ0v) is 17.4. The SMILES string of the molecule is Cc1ccc(S(=O)(=O)O)c(N=Nc2c(C)nn(-c3cccc(S(=O)(=O)O)c3)c2N)c1. The average molecular weight is 451 g/mol. The highest BCUT2D eigenvalue weighted by Gasteiger charge is 2.18. The fraction of sp³-hybridized carbons (Fsp3) is 0.118. The Labute approximate surface area is 172 Å². The summed E-state index contributed by atoms with van der Waals surface area (Å²) in [6, 6.07) is 9.45. The number of hydrogen-bond acceptors (Lipinski definition) is 8. The number of azo groups is 1. The van der Waals surface area contributed by atoms with Crippen molar-refractivity contribution in [2.75, 3.05) is 5.73 Å². The monoisotopic (exact) mass is 451 g/mol. The summed E-state index contributed by atoms with van der Waals surface area (Å²) in [7, 11) is -8.94. The first-order valence-corrected chi connectivity index (χ1v) is 11.2. The third-order valence-electron chi connectivity index (χ3n) is 4.07. The Morgan fingerprint density at radius 1 is 0.967 bits per heavy atom. The number of nitrogens with zero attached hydrogens (tertiary/aromatic N) is 4. The lowest BCUT2D eigenvalue weighted by Crippen LogP contribution is -2.04. The number of anilines is 1. The van der Waals surface area contributed by atoms with Crippen LogP contribution in [0.2, 0.25) is 0 Å². The molecule has 11 nitrogen and oxygen atoms in total. The van der Waals surface area contributed by atoms with Gasteiger partial charge in [0.05, 0.1) is 16.3 Å². The highest BCUT2D eigenvalue weighted by Crippen LogP contribution is 2.33. The van der Waals surface area contributed by atoms with E-state index in [1.807, 2.05) is 0 Å². The molecule has 30 heavy (non-hydrogen) atoms. The smallest absolute Gasteiger partial charge is 0.296 e. The fourth-order valence-electron chi connectivity index (χ4n) is 2.66. The third kappa shape index (κ3) is 4.38. The Kier molecular flexibility index (Phi) is 5.47. The molecule has 0 radical (unpaired) electrons. The van der Waals surface area contributed by atoms with E-state index in [9.17, 15) is 25.9 Å². The van der Waals surface area contributed by atoms with Gasteiger partial charge in [0.25, 0.3) is 20.2 Å². The normalized spacial score (nSPS) is 12.5. The number of nitrogen functional groups attached to an aromatic ring is 1. The van der Waals surface area contributed by atoms with Crippen LogP contribution in [0.25, 0.3) is 5.69 Å². The second kappa shape index (κ2) is 7.60. The molecule has 13 heteroatoms. The lowest BCUT2D eigenvalue weighted by molar-refractivity contribution is 0.481. The van der Waals surface area contributed by atoms with Gasteiger partial charge in [0, 0.05) is 0 Å². The van der Waals surface area contributed by atoms with Crippen LogP contribution in [0.4, 0.5) is 17.2 Å². The Morgan fingerprint density at radius 2 is 1.67 bits per heavy atom. The Morgan fingerprint density at radius 3 is 2.30 bits per heavy atom. The van der Waals surface area contributed by atoms with Crippen LogP contribution in [0.5, 0.6) is 0 Å². The molecule has 158 valence electrons. The van der Waals surface area contributed by atoms with Gasteiger partial charge in [-0.05, 0) is 49.7 Å². The second-order valence-electron chi connectivity index (χ2n) is 6.35. The van der Waals surface area contributed by atoms with Gasteiger partial charge in [-0.3, -0.25) is 9.11 Å². The molecule has 4 N–H and O–H groups in total. The summed E-state index contributed by atoms with van der Waals surface area (Å²) in [5.41, 5.74) is 7.39. The van der Waals surface area contributed by atoms with Crippen molar-refractivity contribution in [3.05, 3.63) is 53.7 Å². The van der Waals surface area contributed by atoms with Crippen molar-refractivity contribution in [2.45, 2.75) is 23.6 Å².